The second kappa shape index (κ2) is 9.79. The van der Waals surface area contributed by atoms with Gasteiger partial charge in [0.25, 0.3) is 0 Å². The average Bonchev–Trinajstić information content (AvgIpc) is 2.61. The fraction of sp³-hybridized carbons (Fsp3) is 0.200. The number of benzene rings is 2. The largest absolute Gasteiger partial charge is 0.462 e. The molecule has 0 atom stereocenters. The van der Waals surface area contributed by atoms with Gasteiger partial charge >= 0.3 is 5.97 Å². The number of anilines is 1. The van der Waals surface area contributed by atoms with Crippen LogP contribution in [0.3, 0.4) is 0 Å². The molecule has 2 aromatic rings. The quantitative estimate of drug-likeness (QED) is 0.400. The van der Waals surface area contributed by atoms with Crippen LogP contribution in [0.5, 0.6) is 0 Å². The molecular formula is C20H20BrNO3. The number of amides is 1. The second-order valence-electron chi connectivity index (χ2n) is 5.44. The number of unbranched alkanes of at least 4 members (excludes halogenated alkanes) is 1. The molecule has 5 heteroatoms. The van der Waals surface area contributed by atoms with Crippen molar-refractivity contribution in [2.75, 3.05) is 11.9 Å². The van der Waals surface area contributed by atoms with E-state index in [9.17, 15) is 9.59 Å². The van der Waals surface area contributed by atoms with Crippen molar-refractivity contribution in [3.8, 4) is 0 Å². The molecule has 0 saturated carbocycles. The van der Waals surface area contributed by atoms with Gasteiger partial charge in [0.1, 0.15) is 0 Å². The molecule has 0 aliphatic carbocycles. The van der Waals surface area contributed by atoms with Gasteiger partial charge in [-0.15, -0.1) is 0 Å². The summed E-state index contributed by atoms with van der Waals surface area (Å²) in [7, 11) is 0. The van der Waals surface area contributed by atoms with E-state index >= 15 is 0 Å². The molecule has 0 bridgehead atoms. The number of carbonyl (C=O) groups excluding carboxylic acids is 2. The first-order valence-electron chi connectivity index (χ1n) is 8.10. The first-order valence-corrected chi connectivity index (χ1v) is 8.89. The molecule has 130 valence electrons. The zero-order chi connectivity index (χ0) is 18.1. The van der Waals surface area contributed by atoms with Crippen LogP contribution < -0.4 is 5.32 Å². The number of hydrogen-bond acceptors (Lipinski definition) is 3. The maximum atomic E-state index is 12.0. The molecule has 4 nitrogen and oxygen atoms in total. The van der Waals surface area contributed by atoms with Gasteiger partial charge in [0, 0.05) is 16.2 Å². The Labute approximate surface area is 156 Å². The molecule has 2 rings (SSSR count). The van der Waals surface area contributed by atoms with Crippen LogP contribution in [-0.2, 0) is 9.53 Å². The minimum absolute atomic E-state index is 0.238. The summed E-state index contributed by atoms with van der Waals surface area (Å²) < 4.78 is 6.10. The lowest BCUT2D eigenvalue weighted by Gasteiger charge is -2.06. The fourth-order valence-electron chi connectivity index (χ4n) is 2.05. The van der Waals surface area contributed by atoms with E-state index in [1.165, 1.54) is 6.08 Å². The average molecular weight is 402 g/mol. The highest BCUT2D eigenvalue weighted by atomic mass is 79.9. The minimum atomic E-state index is -0.346. The molecule has 0 radical (unpaired) electrons. The first-order chi connectivity index (χ1) is 12.1. The molecule has 0 aromatic heterocycles. The first kappa shape index (κ1) is 18.9. The van der Waals surface area contributed by atoms with E-state index in [4.69, 9.17) is 4.74 Å². The van der Waals surface area contributed by atoms with Crippen LogP contribution in [0.25, 0.3) is 6.08 Å². The van der Waals surface area contributed by atoms with Gasteiger partial charge in [0.05, 0.1) is 12.2 Å². The van der Waals surface area contributed by atoms with Crippen LogP contribution in [0, 0.1) is 0 Å². The van der Waals surface area contributed by atoms with Gasteiger partial charge in [0.2, 0.25) is 5.91 Å². The Morgan fingerprint density at radius 1 is 1.16 bits per heavy atom. The standard InChI is InChI=1S/C20H20BrNO3/c1-2-3-13-25-20(24)16-8-10-18(11-9-16)22-19(23)12-7-15-5-4-6-17(21)14-15/h4-12,14H,2-3,13H2,1H3,(H,22,23)/b12-7+. The maximum absolute atomic E-state index is 12.0. The van der Waals surface area contributed by atoms with Crippen molar-refractivity contribution in [2.24, 2.45) is 0 Å². The van der Waals surface area contributed by atoms with Crippen LogP contribution in [0.4, 0.5) is 5.69 Å². The number of ether oxygens (including phenoxy) is 1. The Kier molecular flexibility index (Phi) is 7.41. The molecule has 0 aliphatic rings. The van der Waals surface area contributed by atoms with Gasteiger partial charge < -0.3 is 10.1 Å². The third-order valence-corrected chi connectivity index (χ3v) is 3.89. The molecule has 0 saturated heterocycles. The topological polar surface area (TPSA) is 55.4 Å². The van der Waals surface area contributed by atoms with E-state index in [0.717, 1.165) is 22.9 Å². The van der Waals surface area contributed by atoms with E-state index in [0.29, 0.717) is 17.9 Å². The molecule has 0 unspecified atom stereocenters. The molecule has 0 fully saturated rings. The second-order valence-corrected chi connectivity index (χ2v) is 6.36. The molecule has 1 amide bonds. The fourth-order valence-corrected chi connectivity index (χ4v) is 2.47. The molecular weight excluding hydrogens is 382 g/mol. The van der Waals surface area contributed by atoms with Crippen LogP contribution in [-0.4, -0.2) is 18.5 Å². The van der Waals surface area contributed by atoms with Gasteiger partial charge in [-0.1, -0.05) is 41.4 Å². The van der Waals surface area contributed by atoms with Crippen LogP contribution in [0.1, 0.15) is 35.7 Å². The van der Waals surface area contributed by atoms with Crippen molar-refractivity contribution in [3.05, 3.63) is 70.2 Å². The van der Waals surface area contributed by atoms with Gasteiger partial charge in [-0.05, 0) is 54.5 Å². The number of rotatable bonds is 7. The van der Waals surface area contributed by atoms with E-state index in [-0.39, 0.29) is 11.9 Å². The normalized spacial score (nSPS) is 10.6. The highest BCUT2D eigenvalue weighted by Gasteiger charge is 2.07. The lowest BCUT2D eigenvalue weighted by atomic mass is 10.2. The zero-order valence-corrected chi connectivity index (χ0v) is 15.6. The third-order valence-electron chi connectivity index (χ3n) is 3.40. The van der Waals surface area contributed by atoms with Gasteiger partial charge in [0.15, 0.2) is 0 Å². The molecule has 2 aromatic carbocycles. The van der Waals surface area contributed by atoms with E-state index in [1.54, 1.807) is 30.3 Å². The van der Waals surface area contributed by atoms with E-state index in [1.807, 2.05) is 31.2 Å². The maximum Gasteiger partial charge on any atom is 0.338 e. The molecule has 0 aliphatic heterocycles. The summed E-state index contributed by atoms with van der Waals surface area (Å²) in [5.41, 5.74) is 2.02. The van der Waals surface area contributed by atoms with Crippen LogP contribution in [0.2, 0.25) is 0 Å². The van der Waals surface area contributed by atoms with Crippen molar-refractivity contribution in [1.29, 1.82) is 0 Å². The van der Waals surface area contributed by atoms with Gasteiger partial charge in [-0.2, -0.15) is 0 Å². The zero-order valence-electron chi connectivity index (χ0n) is 14.0. The molecule has 0 heterocycles. The van der Waals surface area contributed by atoms with Crippen molar-refractivity contribution in [1.82, 2.24) is 0 Å². The highest BCUT2D eigenvalue weighted by Crippen LogP contribution is 2.14. The minimum Gasteiger partial charge on any atom is -0.462 e. The lowest BCUT2D eigenvalue weighted by molar-refractivity contribution is -0.111. The summed E-state index contributed by atoms with van der Waals surface area (Å²) in [6, 6.07) is 14.3. The lowest BCUT2D eigenvalue weighted by Crippen LogP contribution is -2.09. The number of halogens is 1. The third kappa shape index (κ3) is 6.55. The summed E-state index contributed by atoms with van der Waals surface area (Å²) in [5, 5.41) is 2.76. The van der Waals surface area contributed by atoms with Crippen molar-refractivity contribution < 1.29 is 14.3 Å². The highest BCUT2D eigenvalue weighted by molar-refractivity contribution is 9.10. The van der Waals surface area contributed by atoms with Crippen LogP contribution in [0.15, 0.2) is 59.1 Å². The Morgan fingerprint density at radius 3 is 2.60 bits per heavy atom. The number of hydrogen-bond donors (Lipinski definition) is 1. The molecule has 1 N–H and O–H groups in total. The van der Waals surface area contributed by atoms with Crippen LogP contribution >= 0.6 is 15.9 Å². The SMILES string of the molecule is CCCCOC(=O)c1ccc(NC(=O)/C=C/c2cccc(Br)c2)cc1. The smallest absolute Gasteiger partial charge is 0.338 e. The van der Waals surface area contributed by atoms with E-state index in [2.05, 4.69) is 21.2 Å². The molecule has 25 heavy (non-hydrogen) atoms. The predicted octanol–water partition coefficient (Wildman–Crippen LogP) is 5.06. The van der Waals surface area contributed by atoms with Crippen molar-refractivity contribution in [2.45, 2.75) is 19.8 Å². The summed E-state index contributed by atoms with van der Waals surface area (Å²) in [5.74, 6) is -0.584. The predicted molar refractivity (Wildman–Crippen MR) is 103 cm³/mol. The summed E-state index contributed by atoms with van der Waals surface area (Å²) >= 11 is 3.39. The van der Waals surface area contributed by atoms with E-state index < -0.39 is 0 Å². The number of nitrogens with one attached hydrogen (secondary N) is 1. The van der Waals surface area contributed by atoms with Gasteiger partial charge in [-0.3, -0.25) is 4.79 Å². The Balaban J connectivity index is 1.89. The Morgan fingerprint density at radius 2 is 1.92 bits per heavy atom. The number of esters is 1. The Bertz CT molecular complexity index is 754. The summed E-state index contributed by atoms with van der Waals surface area (Å²) in [6.45, 7) is 2.46. The monoisotopic (exact) mass is 401 g/mol. The number of carbonyl (C=O) groups is 2. The molecule has 0 spiro atoms. The van der Waals surface area contributed by atoms with Gasteiger partial charge in [-0.25, -0.2) is 4.79 Å². The summed E-state index contributed by atoms with van der Waals surface area (Å²) in [4.78, 5) is 23.8. The summed E-state index contributed by atoms with van der Waals surface area (Å²) in [6.07, 6.45) is 5.03. The van der Waals surface area contributed by atoms with Crippen molar-refractivity contribution in [3.63, 3.8) is 0 Å². The Hall–Kier alpha value is -2.40. The van der Waals surface area contributed by atoms with Crippen molar-refractivity contribution >= 4 is 39.6 Å².